The van der Waals surface area contributed by atoms with E-state index in [4.69, 9.17) is 14.4 Å². The van der Waals surface area contributed by atoms with E-state index in [1.165, 1.54) is 7.11 Å². The molecule has 0 bridgehead atoms. The zero-order chi connectivity index (χ0) is 11.7. The van der Waals surface area contributed by atoms with E-state index in [0.717, 1.165) is 12.8 Å². The topological polar surface area (TPSA) is 59.3 Å². The van der Waals surface area contributed by atoms with Gasteiger partial charge >= 0.3 is 5.97 Å². The molecule has 0 saturated heterocycles. The largest absolute Gasteiger partial charge is 0.467 e. The molecule has 0 spiro atoms. The number of hydrogen-bond donors (Lipinski definition) is 0. The fraction of sp³-hybridized carbons (Fsp3) is 0.800. The Labute approximate surface area is 94.1 Å². The molecular weight excluding hydrogens is 210 g/mol. The number of nitrogens with zero attached hydrogens (tertiary/aromatic N) is 1. The van der Waals surface area contributed by atoms with Crippen LogP contribution in [0, 0.1) is 11.3 Å². The number of ether oxygens (including phenoxy) is 1. The minimum absolute atomic E-state index is 0.320. The maximum atomic E-state index is 11.6. The van der Waals surface area contributed by atoms with Gasteiger partial charge in [0.15, 0.2) is 5.60 Å². The minimum atomic E-state index is -0.868. The third-order valence-electron chi connectivity index (χ3n) is 2.52. The predicted molar refractivity (Wildman–Crippen MR) is 60.1 cm³/mol. The third-order valence-corrected chi connectivity index (χ3v) is 3.30. The lowest BCUT2D eigenvalue weighted by Gasteiger charge is -2.29. The van der Waals surface area contributed by atoms with E-state index >= 15 is 0 Å². The first kappa shape index (κ1) is 14.1. The van der Waals surface area contributed by atoms with Gasteiger partial charge in [0.2, 0.25) is 0 Å². The Hall–Kier alpha value is -0.863. The van der Waals surface area contributed by atoms with Crippen molar-refractivity contribution in [1.82, 2.24) is 0 Å². The van der Waals surface area contributed by atoms with Crippen molar-refractivity contribution in [2.45, 2.75) is 44.6 Å². The average molecular weight is 229 g/mol. The summed E-state index contributed by atoms with van der Waals surface area (Å²) in [5.41, 5.74) is -0.868. The first-order valence-electron chi connectivity index (χ1n) is 5.17. The van der Waals surface area contributed by atoms with Crippen LogP contribution in [0.25, 0.3) is 0 Å². The van der Waals surface area contributed by atoms with Crippen molar-refractivity contribution >= 4 is 16.5 Å². The van der Waals surface area contributed by atoms with E-state index in [-0.39, 0.29) is 5.97 Å². The highest BCUT2D eigenvalue weighted by molar-refractivity contribution is 6.00. The van der Waals surface area contributed by atoms with Crippen LogP contribution in [0.3, 0.4) is 0 Å². The SMILES string of the molecule is CCCCC(CCC#N)(O[SiH3])C(=O)OC. The molecule has 0 saturated carbocycles. The van der Waals surface area contributed by atoms with E-state index in [2.05, 4.69) is 6.92 Å². The fourth-order valence-corrected chi connectivity index (χ4v) is 2.10. The van der Waals surface area contributed by atoms with Crippen molar-refractivity contribution in [2.75, 3.05) is 7.11 Å². The molecule has 0 N–H and O–H groups in total. The zero-order valence-electron chi connectivity index (χ0n) is 9.71. The number of carbonyl (C=O) groups excluding carboxylic acids is 1. The summed E-state index contributed by atoms with van der Waals surface area (Å²) in [6.45, 7) is 2.05. The minimum Gasteiger partial charge on any atom is -0.467 e. The van der Waals surface area contributed by atoms with Gasteiger partial charge in [-0.15, -0.1) is 0 Å². The number of methoxy groups -OCH3 is 1. The maximum absolute atomic E-state index is 11.6. The molecule has 0 aliphatic carbocycles. The Morgan fingerprint density at radius 2 is 2.20 bits per heavy atom. The lowest BCUT2D eigenvalue weighted by atomic mass is 9.92. The van der Waals surface area contributed by atoms with Crippen LogP contribution in [0.5, 0.6) is 0 Å². The quantitative estimate of drug-likeness (QED) is 0.476. The summed E-state index contributed by atoms with van der Waals surface area (Å²) in [5, 5.41) is 8.56. The maximum Gasteiger partial charge on any atom is 0.336 e. The number of rotatable bonds is 7. The van der Waals surface area contributed by atoms with E-state index < -0.39 is 5.60 Å². The highest BCUT2D eigenvalue weighted by Gasteiger charge is 2.37. The highest BCUT2D eigenvalue weighted by atomic mass is 28.2. The number of nitriles is 1. The third kappa shape index (κ3) is 4.02. The molecular formula is C10H19NO3Si. The van der Waals surface area contributed by atoms with E-state index in [1.54, 1.807) is 0 Å². The van der Waals surface area contributed by atoms with Gasteiger partial charge < -0.3 is 9.16 Å². The molecule has 4 nitrogen and oxygen atoms in total. The normalized spacial score (nSPS) is 14.2. The Bertz CT molecular complexity index is 239. The van der Waals surface area contributed by atoms with Crippen LogP contribution in [0.1, 0.15) is 39.0 Å². The van der Waals surface area contributed by atoms with Crippen molar-refractivity contribution < 1.29 is 14.0 Å². The van der Waals surface area contributed by atoms with Gasteiger partial charge in [0, 0.05) is 6.42 Å². The second-order valence-corrected chi connectivity index (χ2v) is 3.86. The smallest absolute Gasteiger partial charge is 0.336 e. The molecule has 15 heavy (non-hydrogen) atoms. The zero-order valence-corrected chi connectivity index (χ0v) is 11.7. The van der Waals surface area contributed by atoms with Gasteiger partial charge in [-0.2, -0.15) is 5.26 Å². The standard InChI is InChI=1S/C10H19NO3Si/c1-3-4-6-10(14-15,7-5-8-11)9(12)13-2/h3-7H2,1-2,15H3. The lowest BCUT2D eigenvalue weighted by molar-refractivity contribution is -0.160. The summed E-state index contributed by atoms with van der Waals surface area (Å²) in [7, 11) is 1.83. The molecule has 86 valence electrons. The molecule has 0 aliphatic rings. The van der Waals surface area contributed by atoms with Gasteiger partial charge in [0.05, 0.1) is 13.2 Å². The molecule has 5 heteroatoms. The molecule has 0 aromatic carbocycles. The molecule has 0 heterocycles. The van der Waals surface area contributed by atoms with Gasteiger partial charge in [0.1, 0.15) is 10.5 Å². The molecule has 0 fully saturated rings. The van der Waals surface area contributed by atoms with E-state index in [0.29, 0.717) is 29.7 Å². The van der Waals surface area contributed by atoms with Crippen LogP contribution in [-0.4, -0.2) is 29.2 Å². The summed E-state index contributed by atoms with van der Waals surface area (Å²) in [6.07, 6.45) is 3.29. The van der Waals surface area contributed by atoms with Crippen LogP contribution in [0.15, 0.2) is 0 Å². The first-order chi connectivity index (χ1) is 7.16. The molecule has 0 aromatic rings. The van der Waals surface area contributed by atoms with Gasteiger partial charge in [-0.1, -0.05) is 19.8 Å². The second kappa shape index (κ2) is 7.43. The van der Waals surface area contributed by atoms with Crippen LogP contribution in [-0.2, 0) is 14.0 Å². The Kier molecular flexibility index (Phi) is 7.00. The number of esters is 1. The molecule has 0 rings (SSSR count). The Morgan fingerprint density at radius 1 is 1.53 bits per heavy atom. The van der Waals surface area contributed by atoms with Crippen LogP contribution in [0.4, 0.5) is 0 Å². The fourth-order valence-electron chi connectivity index (χ4n) is 1.52. The molecule has 0 aromatic heterocycles. The summed E-state index contributed by atoms with van der Waals surface area (Å²) in [4.78, 5) is 11.6. The molecule has 0 aliphatic heterocycles. The molecule has 0 radical (unpaired) electrons. The van der Waals surface area contributed by atoms with Gasteiger partial charge in [-0.25, -0.2) is 4.79 Å². The number of hydrogen-bond acceptors (Lipinski definition) is 4. The summed E-state index contributed by atoms with van der Waals surface area (Å²) < 4.78 is 10.2. The molecule has 0 amide bonds. The van der Waals surface area contributed by atoms with Crippen LogP contribution >= 0.6 is 0 Å². The first-order valence-corrected chi connectivity index (χ1v) is 5.99. The van der Waals surface area contributed by atoms with Crippen molar-refractivity contribution in [2.24, 2.45) is 0 Å². The average Bonchev–Trinajstić information content (AvgIpc) is 2.29. The van der Waals surface area contributed by atoms with Crippen molar-refractivity contribution in [3.05, 3.63) is 0 Å². The lowest BCUT2D eigenvalue weighted by Crippen LogP contribution is -2.42. The van der Waals surface area contributed by atoms with E-state index in [9.17, 15) is 4.79 Å². The predicted octanol–water partition coefficient (Wildman–Crippen LogP) is 0.689. The second-order valence-electron chi connectivity index (χ2n) is 3.45. The summed E-state index contributed by atoms with van der Waals surface area (Å²) in [6, 6.07) is 2.04. The summed E-state index contributed by atoms with van der Waals surface area (Å²) in [5.74, 6) is -0.346. The monoisotopic (exact) mass is 229 g/mol. The van der Waals surface area contributed by atoms with Crippen LogP contribution < -0.4 is 0 Å². The number of carbonyl (C=O) groups is 1. The van der Waals surface area contributed by atoms with E-state index in [1.807, 2.05) is 6.07 Å². The van der Waals surface area contributed by atoms with Crippen LogP contribution in [0.2, 0.25) is 0 Å². The highest BCUT2D eigenvalue weighted by Crippen LogP contribution is 2.25. The Balaban J connectivity index is 4.60. The van der Waals surface area contributed by atoms with Crippen molar-refractivity contribution in [3.63, 3.8) is 0 Å². The molecule has 1 atom stereocenters. The van der Waals surface area contributed by atoms with Crippen molar-refractivity contribution in [3.8, 4) is 6.07 Å². The van der Waals surface area contributed by atoms with Gasteiger partial charge in [-0.3, -0.25) is 0 Å². The number of unbranched alkanes of at least 4 members (excludes halogenated alkanes) is 1. The molecule has 1 unspecified atom stereocenters. The van der Waals surface area contributed by atoms with Crippen molar-refractivity contribution in [1.29, 1.82) is 5.26 Å². The van der Waals surface area contributed by atoms with Gasteiger partial charge in [0.25, 0.3) is 0 Å². The summed E-state index contributed by atoms with van der Waals surface area (Å²) >= 11 is 0. The van der Waals surface area contributed by atoms with Gasteiger partial charge in [-0.05, 0) is 12.8 Å². The Morgan fingerprint density at radius 3 is 2.60 bits per heavy atom.